The summed E-state index contributed by atoms with van der Waals surface area (Å²) in [6.45, 7) is 0.254. The van der Waals surface area contributed by atoms with Crippen LogP contribution >= 0.6 is 0 Å². The van der Waals surface area contributed by atoms with E-state index in [1.54, 1.807) is 24.3 Å². The molecule has 4 rings (SSSR count). The Morgan fingerprint density at radius 1 is 0.821 bits per heavy atom. The van der Waals surface area contributed by atoms with Crippen molar-refractivity contribution in [3.63, 3.8) is 0 Å². The van der Waals surface area contributed by atoms with Gasteiger partial charge in [-0.3, -0.25) is 4.72 Å². The molecule has 28 heavy (non-hydrogen) atoms. The third-order valence-electron chi connectivity index (χ3n) is 4.25. The topological polar surface area (TPSA) is 64.6 Å². The lowest BCUT2D eigenvalue weighted by Gasteiger charge is -2.08. The van der Waals surface area contributed by atoms with Crippen molar-refractivity contribution < 1.29 is 17.9 Å². The van der Waals surface area contributed by atoms with Crippen molar-refractivity contribution in [3.8, 4) is 11.5 Å². The molecule has 3 aromatic rings. The summed E-state index contributed by atoms with van der Waals surface area (Å²) in [6.07, 6.45) is 3.93. The molecule has 0 atom stereocenters. The average molecular weight is 393 g/mol. The van der Waals surface area contributed by atoms with Crippen LogP contribution in [0, 0.1) is 0 Å². The van der Waals surface area contributed by atoms with Gasteiger partial charge in [-0.05, 0) is 41.0 Å². The minimum Gasteiger partial charge on any atom is -0.454 e. The quantitative estimate of drug-likeness (QED) is 0.625. The first-order chi connectivity index (χ1) is 13.6. The molecule has 0 amide bonds. The van der Waals surface area contributed by atoms with E-state index in [4.69, 9.17) is 9.47 Å². The normalized spacial score (nSPS) is 13.0. The van der Waals surface area contributed by atoms with Gasteiger partial charge < -0.3 is 9.47 Å². The fourth-order valence-electron chi connectivity index (χ4n) is 2.88. The highest BCUT2D eigenvalue weighted by molar-refractivity contribution is 7.91. The maximum atomic E-state index is 12.3. The summed E-state index contributed by atoms with van der Waals surface area (Å²) in [5.74, 6) is 1.44. The maximum Gasteiger partial charge on any atom is 0.236 e. The lowest BCUT2D eigenvalue weighted by atomic mass is 10.1. The molecule has 0 radical (unpaired) electrons. The number of hydrogen-bond acceptors (Lipinski definition) is 4. The molecule has 0 unspecified atom stereocenters. The number of sulfonamides is 1. The fraction of sp³-hybridized carbons (Fsp3) is 0.0909. The summed E-state index contributed by atoms with van der Waals surface area (Å²) < 4.78 is 37.9. The molecule has 0 bridgehead atoms. The Hall–Kier alpha value is -3.25. The van der Waals surface area contributed by atoms with Crippen molar-refractivity contribution in [2.24, 2.45) is 0 Å². The number of benzene rings is 3. The van der Waals surface area contributed by atoms with Crippen molar-refractivity contribution in [1.82, 2.24) is 0 Å². The van der Waals surface area contributed by atoms with Crippen LogP contribution in [0.4, 0.5) is 5.69 Å². The lowest BCUT2D eigenvalue weighted by Crippen LogP contribution is -2.14. The molecular formula is C22H19NO4S. The largest absolute Gasteiger partial charge is 0.454 e. The van der Waals surface area contributed by atoms with E-state index in [-0.39, 0.29) is 12.5 Å². The summed E-state index contributed by atoms with van der Waals surface area (Å²) in [6, 6.07) is 22.1. The van der Waals surface area contributed by atoms with Crippen LogP contribution in [0.5, 0.6) is 11.5 Å². The highest BCUT2D eigenvalue weighted by atomic mass is 32.2. The number of rotatable bonds is 6. The zero-order valence-electron chi connectivity index (χ0n) is 15.0. The summed E-state index contributed by atoms with van der Waals surface area (Å²) in [7, 11) is -3.46. The number of hydrogen-bond donors (Lipinski definition) is 1. The number of nitrogens with one attached hydrogen (secondary N) is 1. The first-order valence-corrected chi connectivity index (χ1v) is 10.4. The van der Waals surface area contributed by atoms with Gasteiger partial charge in [0.25, 0.3) is 0 Å². The monoisotopic (exact) mass is 393 g/mol. The second kappa shape index (κ2) is 7.78. The van der Waals surface area contributed by atoms with E-state index in [1.807, 2.05) is 60.7 Å². The molecule has 0 saturated heterocycles. The standard InChI is InChI=1S/C22H19NO4S/c24-28(25,15-19-4-2-1-3-5-19)23-20-11-8-17(9-12-20)6-7-18-10-13-21-22(14-18)27-16-26-21/h1-14,23H,15-16H2/b7-6+. The summed E-state index contributed by atoms with van der Waals surface area (Å²) in [4.78, 5) is 0. The van der Waals surface area contributed by atoms with Gasteiger partial charge in [-0.25, -0.2) is 8.42 Å². The van der Waals surface area contributed by atoms with Crippen molar-refractivity contribution in [2.75, 3.05) is 11.5 Å². The molecule has 1 N–H and O–H groups in total. The van der Waals surface area contributed by atoms with Crippen molar-refractivity contribution >= 4 is 27.9 Å². The van der Waals surface area contributed by atoms with Crippen LogP contribution in [0.25, 0.3) is 12.2 Å². The van der Waals surface area contributed by atoms with Gasteiger partial charge in [0.15, 0.2) is 11.5 Å². The Morgan fingerprint density at radius 2 is 1.50 bits per heavy atom. The number of ether oxygens (including phenoxy) is 2. The summed E-state index contributed by atoms with van der Waals surface area (Å²) >= 11 is 0. The molecule has 1 aliphatic rings. The fourth-order valence-corrected chi connectivity index (χ4v) is 4.08. The van der Waals surface area contributed by atoms with E-state index in [0.29, 0.717) is 5.69 Å². The van der Waals surface area contributed by atoms with Gasteiger partial charge in [-0.2, -0.15) is 0 Å². The smallest absolute Gasteiger partial charge is 0.236 e. The Kier molecular flexibility index (Phi) is 5.04. The van der Waals surface area contributed by atoms with Gasteiger partial charge in [-0.1, -0.05) is 60.7 Å². The van der Waals surface area contributed by atoms with Crippen LogP contribution < -0.4 is 14.2 Å². The predicted molar refractivity (Wildman–Crippen MR) is 111 cm³/mol. The zero-order chi connectivity index (χ0) is 19.4. The molecule has 1 heterocycles. The van der Waals surface area contributed by atoms with Crippen molar-refractivity contribution in [1.29, 1.82) is 0 Å². The molecule has 0 saturated carbocycles. The second-order valence-corrected chi connectivity index (χ2v) is 8.14. The van der Waals surface area contributed by atoms with E-state index in [9.17, 15) is 8.42 Å². The Morgan fingerprint density at radius 3 is 2.29 bits per heavy atom. The number of anilines is 1. The summed E-state index contributed by atoms with van der Waals surface area (Å²) in [5.41, 5.74) is 3.25. The highest BCUT2D eigenvalue weighted by Crippen LogP contribution is 2.33. The maximum absolute atomic E-state index is 12.3. The van der Waals surface area contributed by atoms with E-state index >= 15 is 0 Å². The van der Waals surface area contributed by atoms with Gasteiger partial charge in [0.2, 0.25) is 16.8 Å². The molecule has 1 aliphatic heterocycles. The summed E-state index contributed by atoms with van der Waals surface area (Å²) in [5, 5.41) is 0. The molecule has 3 aromatic carbocycles. The van der Waals surface area contributed by atoms with Crippen LogP contribution in [0.1, 0.15) is 16.7 Å². The predicted octanol–water partition coefficient (Wildman–Crippen LogP) is 4.53. The molecule has 5 nitrogen and oxygen atoms in total. The van der Waals surface area contributed by atoms with Crippen LogP contribution in [-0.2, 0) is 15.8 Å². The van der Waals surface area contributed by atoms with Crippen molar-refractivity contribution in [3.05, 3.63) is 89.5 Å². The van der Waals surface area contributed by atoms with Gasteiger partial charge in [0, 0.05) is 5.69 Å². The van der Waals surface area contributed by atoms with Crippen LogP contribution in [0.15, 0.2) is 72.8 Å². The molecule has 0 fully saturated rings. The van der Waals surface area contributed by atoms with Crippen LogP contribution in [0.3, 0.4) is 0 Å². The molecule has 0 aromatic heterocycles. The molecular weight excluding hydrogens is 374 g/mol. The zero-order valence-corrected chi connectivity index (χ0v) is 15.9. The Balaban J connectivity index is 1.41. The van der Waals surface area contributed by atoms with E-state index in [2.05, 4.69) is 4.72 Å². The van der Waals surface area contributed by atoms with E-state index in [1.165, 1.54) is 0 Å². The SMILES string of the molecule is O=S(=O)(Cc1ccccc1)Nc1ccc(/C=C/c2ccc3c(c2)OCO3)cc1. The first kappa shape index (κ1) is 18.1. The number of fused-ring (bicyclic) bond motifs is 1. The Labute approximate surface area is 164 Å². The molecule has 0 spiro atoms. The highest BCUT2D eigenvalue weighted by Gasteiger charge is 2.13. The van der Waals surface area contributed by atoms with Crippen molar-refractivity contribution in [2.45, 2.75) is 5.75 Å². The van der Waals surface area contributed by atoms with Crippen LogP contribution in [-0.4, -0.2) is 15.2 Å². The lowest BCUT2D eigenvalue weighted by molar-refractivity contribution is 0.174. The molecule has 6 heteroatoms. The minimum atomic E-state index is -3.46. The van der Waals surface area contributed by atoms with Gasteiger partial charge >= 0.3 is 0 Å². The third-order valence-corrected chi connectivity index (χ3v) is 5.51. The van der Waals surface area contributed by atoms with Gasteiger partial charge in [0.05, 0.1) is 5.75 Å². The van der Waals surface area contributed by atoms with E-state index < -0.39 is 10.0 Å². The van der Waals surface area contributed by atoms with Gasteiger partial charge in [0.1, 0.15) is 0 Å². The second-order valence-electron chi connectivity index (χ2n) is 6.41. The minimum absolute atomic E-state index is 0.0559. The third kappa shape index (κ3) is 4.53. The van der Waals surface area contributed by atoms with Crippen LogP contribution in [0.2, 0.25) is 0 Å². The molecule has 0 aliphatic carbocycles. The average Bonchev–Trinajstić information content (AvgIpc) is 3.15. The first-order valence-electron chi connectivity index (χ1n) is 8.80. The van der Waals surface area contributed by atoms with E-state index in [0.717, 1.165) is 28.2 Å². The Bertz CT molecular complexity index is 1090. The molecule has 142 valence electrons. The van der Waals surface area contributed by atoms with Gasteiger partial charge in [-0.15, -0.1) is 0 Å².